The molecule has 0 saturated carbocycles. The van der Waals surface area contributed by atoms with Crippen LogP contribution >= 0.6 is 15.9 Å². The molecular formula is C82H78B3BrN4O6. The minimum atomic E-state index is -0.476. The lowest BCUT2D eigenvalue weighted by atomic mass is 9.49. The molecule has 10 nitrogen and oxygen atoms in total. The Bertz CT molecular complexity index is 5170. The molecule has 14 heteroatoms. The molecule has 17 rings (SSSR count). The molecule has 0 atom stereocenters. The van der Waals surface area contributed by atoms with Crippen molar-refractivity contribution in [2.75, 3.05) is 0 Å². The third-order valence-corrected chi connectivity index (χ3v) is 21.5. The van der Waals surface area contributed by atoms with E-state index in [-0.39, 0.29) is 22.4 Å². The van der Waals surface area contributed by atoms with Gasteiger partial charge < -0.3 is 46.2 Å². The predicted molar refractivity (Wildman–Crippen MR) is 402 cm³/mol. The van der Waals surface area contributed by atoms with Crippen LogP contribution in [0.15, 0.2) is 260 Å². The molecule has 0 unspecified atom stereocenters. The Labute approximate surface area is 571 Å². The van der Waals surface area contributed by atoms with Crippen molar-refractivity contribution in [3.63, 3.8) is 0 Å². The third kappa shape index (κ3) is 11.0. The summed E-state index contributed by atoms with van der Waals surface area (Å²) >= 11 is 3.72. The van der Waals surface area contributed by atoms with Crippen LogP contribution < -0.4 is 5.46 Å². The molecule has 0 aliphatic carbocycles. The molecule has 3 aliphatic heterocycles. The molecule has 0 N–H and O–H groups in total. The summed E-state index contributed by atoms with van der Waals surface area (Å²) in [6.45, 7) is 24.6. The summed E-state index contributed by atoms with van der Waals surface area (Å²) in [6.07, 6.45) is 4.35. The molecule has 0 amide bonds. The van der Waals surface area contributed by atoms with Crippen molar-refractivity contribution in [3.8, 4) is 45.0 Å². The van der Waals surface area contributed by atoms with E-state index in [1.807, 2.05) is 55.4 Å². The second-order valence-electron chi connectivity index (χ2n) is 28.6. The fourth-order valence-electron chi connectivity index (χ4n) is 13.7. The van der Waals surface area contributed by atoms with Crippen molar-refractivity contribution in [2.45, 2.75) is 117 Å². The average molecular weight is 1330 g/mol. The number of hydrogen-bond donors (Lipinski definition) is 0. The van der Waals surface area contributed by atoms with E-state index in [0.717, 1.165) is 32.5 Å². The van der Waals surface area contributed by atoms with Gasteiger partial charge in [-0.05, 0) is 220 Å². The van der Waals surface area contributed by atoms with Crippen LogP contribution in [0.1, 0.15) is 83.1 Å². The van der Waals surface area contributed by atoms with E-state index >= 15 is 0 Å². The molecule has 0 spiro atoms. The Morgan fingerprint density at radius 1 is 0.281 bits per heavy atom. The third-order valence-electron chi connectivity index (χ3n) is 21.0. The molecule has 96 heavy (non-hydrogen) atoms. The van der Waals surface area contributed by atoms with E-state index in [1.165, 1.54) is 87.8 Å². The van der Waals surface area contributed by atoms with Crippen molar-refractivity contribution in [1.29, 1.82) is 0 Å². The van der Waals surface area contributed by atoms with Gasteiger partial charge in [-0.25, -0.2) is 0 Å². The van der Waals surface area contributed by atoms with Gasteiger partial charge in [0.05, 0.1) is 66.7 Å². The van der Waals surface area contributed by atoms with Crippen molar-refractivity contribution in [2.24, 2.45) is 0 Å². The zero-order valence-electron chi connectivity index (χ0n) is 56.6. The molecule has 7 heterocycles. The first-order chi connectivity index (χ1) is 46.0. The highest BCUT2D eigenvalue weighted by atomic mass is 79.9. The molecule has 3 fully saturated rings. The molecule has 10 aromatic carbocycles. The lowest BCUT2D eigenvalue weighted by Gasteiger charge is -2.32. The largest absolute Gasteiger partial charge is 0.494 e. The van der Waals surface area contributed by atoms with Gasteiger partial charge in [0, 0.05) is 71.9 Å². The SMILES string of the molecule is Brc1ccc2c(c1)c1c3ccn(-c4ccccc4)c3ccc1n2-c1cccc(-c2ccccc2)c1.CC1(C)OB(B2OC(C)(C)C(C)(C)O2)OC1(C)C.CC1(C)OB(c2ccc3c(c2)c2c4ccn(-c5ccccc5)c4ccc2n3-c2cccc(-c3ccccc3)c2)OC1(C)C. The fraction of sp³-hybridized carbons (Fsp3) is 0.220. The lowest BCUT2D eigenvalue weighted by Crippen LogP contribution is -2.41. The first-order valence-electron chi connectivity index (χ1n) is 33.3. The van der Waals surface area contributed by atoms with E-state index in [0.29, 0.717) is 0 Å². The summed E-state index contributed by atoms with van der Waals surface area (Å²) in [5, 5.41) is 7.41. The Balaban J connectivity index is 0.000000128. The normalized spacial score (nSPS) is 17.4. The van der Waals surface area contributed by atoms with Crippen LogP contribution in [0.2, 0.25) is 0 Å². The Hall–Kier alpha value is -8.69. The summed E-state index contributed by atoms with van der Waals surface area (Å²) in [7, 11) is -1.38. The topological polar surface area (TPSA) is 75.1 Å². The van der Waals surface area contributed by atoms with E-state index in [2.05, 4.69) is 317 Å². The highest BCUT2D eigenvalue weighted by molar-refractivity contribution is 9.10. The van der Waals surface area contributed by atoms with E-state index in [4.69, 9.17) is 27.9 Å². The van der Waals surface area contributed by atoms with Gasteiger partial charge in [-0.3, -0.25) is 0 Å². The van der Waals surface area contributed by atoms with Crippen LogP contribution in [0, 0.1) is 0 Å². The fourth-order valence-corrected chi connectivity index (χ4v) is 14.0. The Kier molecular flexibility index (Phi) is 15.7. The Morgan fingerprint density at radius 3 is 1.03 bits per heavy atom. The van der Waals surface area contributed by atoms with Crippen molar-refractivity contribution in [3.05, 3.63) is 260 Å². The molecule has 3 saturated heterocycles. The van der Waals surface area contributed by atoms with Crippen molar-refractivity contribution >= 4 is 108 Å². The zero-order chi connectivity index (χ0) is 66.7. The van der Waals surface area contributed by atoms with Crippen LogP contribution in [0.25, 0.3) is 110 Å². The minimum absolute atomic E-state index is 0.360. The second-order valence-corrected chi connectivity index (χ2v) is 29.5. The summed E-state index contributed by atoms with van der Waals surface area (Å²) in [4.78, 5) is 0. The van der Waals surface area contributed by atoms with E-state index in [9.17, 15) is 0 Å². The highest BCUT2D eigenvalue weighted by Gasteiger charge is 2.64. The van der Waals surface area contributed by atoms with Gasteiger partial charge in [-0.15, -0.1) is 0 Å². The summed E-state index contributed by atoms with van der Waals surface area (Å²) in [5.41, 5.74) is 15.3. The van der Waals surface area contributed by atoms with Gasteiger partial charge in [0.2, 0.25) is 0 Å². The molecule has 478 valence electrons. The minimum Gasteiger partial charge on any atom is -0.405 e. The number of para-hydroxylation sites is 2. The number of benzene rings is 10. The quantitative estimate of drug-likeness (QED) is 0.141. The number of nitrogens with zero attached hydrogens (tertiary/aromatic N) is 4. The number of fused-ring (bicyclic) bond motifs is 10. The first-order valence-corrected chi connectivity index (χ1v) is 34.1. The maximum atomic E-state index is 6.48. The number of hydrogen-bond acceptors (Lipinski definition) is 6. The van der Waals surface area contributed by atoms with Crippen molar-refractivity contribution in [1.82, 2.24) is 18.3 Å². The monoisotopic (exact) mass is 1330 g/mol. The molecule has 4 aromatic heterocycles. The molecule has 0 radical (unpaired) electrons. The van der Waals surface area contributed by atoms with Gasteiger partial charge in [0.25, 0.3) is 0 Å². The first kappa shape index (κ1) is 63.4. The van der Waals surface area contributed by atoms with Crippen molar-refractivity contribution < 1.29 is 27.9 Å². The van der Waals surface area contributed by atoms with Crippen LogP contribution in [-0.4, -0.2) is 73.0 Å². The molecule has 0 bridgehead atoms. The van der Waals surface area contributed by atoms with Gasteiger partial charge in [0.1, 0.15) is 0 Å². The standard InChI is InChI=1S/C38H33BN2O2.C32H21BrN2.C12H24B2O4/c1-37(2)38(3,4)43-39(42-37)28-18-19-34-32(25-28)36-31-22-23-40(29-15-9-6-10-16-29)33(31)20-21-35(36)41(34)30-17-11-14-27(24-30)26-12-7-5-8-13-26;33-24-14-15-30-28(21-24)32-27-18-19-34(25-11-5-2-6-12-25)29(27)16-17-31(32)35(30)26-13-7-10-23(20-26)22-8-3-1-4-9-22;1-9(2)10(3,4)16-13(15-9)14-17-11(5,6)12(7,8)18-14/h5-25H,1-4H3;1-21H;1-8H3. The molecule has 14 aromatic rings. The highest BCUT2D eigenvalue weighted by Crippen LogP contribution is 2.45. The maximum Gasteiger partial charge on any atom is 0.494 e. The van der Waals surface area contributed by atoms with E-state index in [1.54, 1.807) is 0 Å². The van der Waals surface area contributed by atoms with Crippen LogP contribution in [0.4, 0.5) is 0 Å². The Morgan fingerprint density at radius 2 is 0.615 bits per heavy atom. The summed E-state index contributed by atoms with van der Waals surface area (Å²) in [5.74, 6) is 0. The van der Waals surface area contributed by atoms with Crippen LogP contribution in [0.3, 0.4) is 0 Å². The van der Waals surface area contributed by atoms with Gasteiger partial charge in [0.15, 0.2) is 0 Å². The lowest BCUT2D eigenvalue weighted by molar-refractivity contribution is 0.00578. The number of halogens is 1. The van der Waals surface area contributed by atoms with Gasteiger partial charge >= 0.3 is 21.1 Å². The number of aromatic nitrogens is 4. The van der Waals surface area contributed by atoms with E-state index < -0.39 is 32.3 Å². The molecular weight excluding hydrogens is 1250 g/mol. The van der Waals surface area contributed by atoms with Crippen LogP contribution in [-0.2, 0) is 27.9 Å². The zero-order valence-corrected chi connectivity index (χ0v) is 58.2. The van der Waals surface area contributed by atoms with Gasteiger partial charge in [-0.1, -0.05) is 149 Å². The summed E-state index contributed by atoms with van der Waals surface area (Å²) in [6, 6.07) is 86.6. The van der Waals surface area contributed by atoms with Crippen LogP contribution in [0.5, 0.6) is 0 Å². The smallest absolute Gasteiger partial charge is 0.405 e. The summed E-state index contributed by atoms with van der Waals surface area (Å²) < 4.78 is 47.2. The average Bonchev–Trinajstić information content (AvgIpc) is 1.57. The second kappa shape index (κ2) is 23.8. The predicted octanol–water partition coefficient (Wildman–Crippen LogP) is 20.1. The maximum absolute atomic E-state index is 6.48. The van der Waals surface area contributed by atoms with Gasteiger partial charge in [-0.2, -0.15) is 0 Å². The number of rotatable bonds is 8. The molecule has 3 aliphatic rings.